The molecule has 1 N–H and O–H groups in total. The lowest BCUT2D eigenvalue weighted by Crippen LogP contribution is -2.30. The lowest BCUT2D eigenvalue weighted by molar-refractivity contribution is 0.0762. The van der Waals surface area contributed by atoms with Gasteiger partial charge in [-0.2, -0.15) is 0 Å². The van der Waals surface area contributed by atoms with E-state index in [1.54, 1.807) is 4.90 Å². The summed E-state index contributed by atoms with van der Waals surface area (Å²) in [6.07, 6.45) is 0.241. The first kappa shape index (κ1) is 14.6. The molecule has 1 atom stereocenters. The average molecular weight is 297 g/mol. The van der Waals surface area contributed by atoms with Crippen LogP contribution >= 0.6 is 0 Å². The predicted molar refractivity (Wildman–Crippen MR) is 83.7 cm³/mol. The maximum Gasteiger partial charge on any atom is 0.254 e. The van der Waals surface area contributed by atoms with E-state index in [1.807, 2.05) is 54.6 Å². The largest absolute Gasteiger partial charge is 0.489 e. The van der Waals surface area contributed by atoms with Gasteiger partial charge in [-0.3, -0.25) is 4.79 Å². The van der Waals surface area contributed by atoms with Gasteiger partial charge in [-0.05, 0) is 24.6 Å². The summed E-state index contributed by atoms with van der Waals surface area (Å²) >= 11 is 0. The van der Waals surface area contributed by atoms with Crippen LogP contribution < -0.4 is 4.74 Å². The SMILES string of the molecule is O=C(c1ccccc1COc1ccccc1)N1CC[C@@H](O)C1. The van der Waals surface area contributed by atoms with Crippen molar-refractivity contribution in [2.45, 2.75) is 19.1 Å². The van der Waals surface area contributed by atoms with Crippen molar-refractivity contribution in [1.82, 2.24) is 4.90 Å². The van der Waals surface area contributed by atoms with Gasteiger partial charge in [0, 0.05) is 24.2 Å². The van der Waals surface area contributed by atoms with Gasteiger partial charge >= 0.3 is 0 Å². The Balaban J connectivity index is 1.73. The third kappa shape index (κ3) is 3.28. The number of aliphatic hydroxyl groups excluding tert-OH is 1. The van der Waals surface area contributed by atoms with Crippen molar-refractivity contribution < 1.29 is 14.6 Å². The van der Waals surface area contributed by atoms with E-state index in [0.717, 1.165) is 11.3 Å². The Labute approximate surface area is 130 Å². The third-order valence-corrected chi connectivity index (χ3v) is 3.84. The molecule has 1 aliphatic rings. The molecular weight excluding hydrogens is 278 g/mol. The summed E-state index contributed by atoms with van der Waals surface area (Å²) in [5, 5.41) is 9.60. The van der Waals surface area contributed by atoms with Gasteiger partial charge in [0.2, 0.25) is 0 Å². The molecular formula is C18H19NO3. The molecule has 4 nitrogen and oxygen atoms in total. The lowest BCUT2D eigenvalue weighted by Gasteiger charge is -2.18. The molecule has 1 saturated heterocycles. The Morgan fingerprint density at radius 1 is 1.14 bits per heavy atom. The van der Waals surface area contributed by atoms with E-state index >= 15 is 0 Å². The van der Waals surface area contributed by atoms with Gasteiger partial charge in [0.05, 0.1) is 6.10 Å². The Hall–Kier alpha value is -2.33. The van der Waals surface area contributed by atoms with Gasteiger partial charge in [0.25, 0.3) is 5.91 Å². The second-order valence-corrected chi connectivity index (χ2v) is 5.45. The molecule has 0 spiro atoms. The molecule has 3 rings (SSSR count). The van der Waals surface area contributed by atoms with Crippen LogP contribution in [-0.4, -0.2) is 35.1 Å². The van der Waals surface area contributed by atoms with E-state index in [1.165, 1.54) is 0 Å². The van der Waals surface area contributed by atoms with Crippen molar-refractivity contribution in [2.24, 2.45) is 0 Å². The zero-order valence-electron chi connectivity index (χ0n) is 12.3. The van der Waals surface area contributed by atoms with Crippen LogP contribution in [0.15, 0.2) is 54.6 Å². The van der Waals surface area contributed by atoms with Crippen LogP contribution in [0.2, 0.25) is 0 Å². The quantitative estimate of drug-likeness (QED) is 0.943. The standard InChI is InChI=1S/C18H19NO3/c20-15-10-11-19(12-15)18(21)17-9-5-4-6-14(17)13-22-16-7-2-1-3-8-16/h1-9,15,20H,10-13H2/t15-/m1/s1. The minimum atomic E-state index is -0.406. The lowest BCUT2D eigenvalue weighted by atomic mass is 10.1. The summed E-state index contributed by atoms with van der Waals surface area (Å²) in [4.78, 5) is 14.3. The van der Waals surface area contributed by atoms with Crippen molar-refractivity contribution in [2.75, 3.05) is 13.1 Å². The van der Waals surface area contributed by atoms with Crippen LogP contribution in [0.3, 0.4) is 0 Å². The van der Waals surface area contributed by atoms with E-state index in [-0.39, 0.29) is 5.91 Å². The highest BCUT2D eigenvalue weighted by Gasteiger charge is 2.26. The summed E-state index contributed by atoms with van der Waals surface area (Å²) in [7, 11) is 0. The van der Waals surface area contributed by atoms with E-state index in [4.69, 9.17) is 4.74 Å². The van der Waals surface area contributed by atoms with E-state index in [2.05, 4.69) is 0 Å². The molecule has 114 valence electrons. The first-order chi connectivity index (χ1) is 10.7. The second-order valence-electron chi connectivity index (χ2n) is 5.45. The number of para-hydroxylation sites is 1. The van der Waals surface area contributed by atoms with Crippen molar-refractivity contribution in [3.8, 4) is 5.75 Å². The summed E-state index contributed by atoms with van der Waals surface area (Å²) in [6, 6.07) is 17.0. The number of aliphatic hydroxyl groups is 1. The van der Waals surface area contributed by atoms with Crippen molar-refractivity contribution in [3.63, 3.8) is 0 Å². The Bertz CT molecular complexity index is 642. The molecule has 0 saturated carbocycles. The Morgan fingerprint density at radius 3 is 2.59 bits per heavy atom. The summed E-state index contributed by atoms with van der Waals surface area (Å²) < 4.78 is 5.75. The number of hydrogen-bond acceptors (Lipinski definition) is 3. The Morgan fingerprint density at radius 2 is 1.86 bits per heavy atom. The maximum absolute atomic E-state index is 12.6. The molecule has 0 radical (unpaired) electrons. The number of benzene rings is 2. The van der Waals surface area contributed by atoms with Crippen molar-refractivity contribution in [1.29, 1.82) is 0 Å². The minimum Gasteiger partial charge on any atom is -0.489 e. The van der Waals surface area contributed by atoms with Crippen LogP contribution in [0.4, 0.5) is 0 Å². The van der Waals surface area contributed by atoms with Crippen molar-refractivity contribution >= 4 is 5.91 Å². The smallest absolute Gasteiger partial charge is 0.254 e. The minimum absolute atomic E-state index is 0.0381. The van der Waals surface area contributed by atoms with E-state index in [9.17, 15) is 9.90 Å². The summed E-state index contributed by atoms with van der Waals surface area (Å²) in [6.45, 7) is 1.36. The molecule has 1 heterocycles. The molecule has 1 fully saturated rings. The fourth-order valence-electron chi connectivity index (χ4n) is 2.63. The molecule has 0 bridgehead atoms. The van der Waals surface area contributed by atoms with Gasteiger partial charge in [-0.1, -0.05) is 36.4 Å². The number of amides is 1. The first-order valence-corrected chi connectivity index (χ1v) is 7.47. The van der Waals surface area contributed by atoms with Crippen LogP contribution in [-0.2, 0) is 6.61 Å². The number of carbonyl (C=O) groups excluding carboxylic acids is 1. The fraction of sp³-hybridized carbons (Fsp3) is 0.278. The Kier molecular flexibility index (Phi) is 4.39. The average Bonchev–Trinajstić information content (AvgIpc) is 3.00. The van der Waals surface area contributed by atoms with Gasteiger partial charge in [-0.25, -0.2) is 0 Å². The number of likely N-dealkylation sites (tertiary alicyclic amines) is 1. The molecule has 22 heavy (non-hydrogen) atoms. The van der Waals surface area contributed by atoms with Gasteiger partial charge in [0.1, 0.15) is 12.4 Å². The highest BCUT2D eigenvalue weighted by molar-refractivity contribution is 5.95. The number of nitrogens with zero attached hydrogens (tertiary/aromatic N) is 1. The molecule has 0 aliphatic carbocycles. The monoisotopic (exact) mass is 297 g/mol. The predicted octanol–water partition coefficient (Wildman–Crippen LogP) is 2.47. The van der Waals surface area contributed by atoms with E-state index < -0.39 is 6.10 Å². The number of rotatable bonds is 4. The molecule has 2 aromatic carbocycles. The molecule has 1 amide bonds. The number of carbonyl (C=O) groups is 1. The van der Waals surface area contributed by atoms with Gasteiger partial charge < -0.3 is 14.7 Å². The van der Waals surface area contributed by atoms with E-state index in [0.29, 0.717) is 31.7 Å². The zero-order chi connectivity index (χ0) is 15.4. The topological polar surface area (TPSA) is 49.8 Å². The molecule has 0 aromatic heterocycles. The molecule has 1 aliphatic heterocycles. The highest BCUT2D eigenvalue weighted by atomic mass is 16.5. The van der Waals surface area contributed by atoms with Gasteiger partial charge in [-0.15, -0.1) is 0 Å². The normalized spacial score (nSPS) is 17.5. The fourth-order valence-corrected chi connectivity index (χ4v) is 2.63. The zero-order valence-corrected chi connectivity index (χ0v) is 12.3. The molecule has 0 unspecified atom stereocenters. The highest BCUT2D eigenvalue weighted by Crippen LogP contribution is 2.19. The van der Waals surface area contributed by atoms with Crippen LogP contribution in [0.25, 0.3) is 0 Å². The number of ether oxygens (including phenoxy) is 1. The first-order valence-electron chi connectivity index (χ1n) is 7.47. The van der Waals surface area contributed by atoms with Crippen LogP contribution in [0.1, 0.15) is 22.3 Å². The van der Waals surface area contributed by atoms with Crippen LogP contribution in [0.5, 0.6) is 5.75 Å². The summed E-state index contributed by atoms with van der Waals surface area (Å²) in [5.41, 5.74) is 1.50. The van der Waals surface area contributed by atoms with Gasteiger partial charge in [0.15, 0.2) is 0 Å². The number of β-amino-alcohol motifs (C(OH)–C–C–N with tert-alkyl or cyclic N) is 1. The summed E-state index contributed by atoms with van der Waals surface area (Å²) in [5.74, 6) is 0.741. The second kappa shape index (κ2) is 6.62. The van der Waals surface area contributed by atoms with Crippen LogP contribution in [0, 0.1) is 0 Å². The third-order valence-electron chi connectivity index (χ3n) is 3.84. The molecule has 4 heteroatoms. The van der Waals surface area contributed by atoms with Crippen molar-refractivity contribution in [3.05, 3.63) is 65.7 Å². The number of hydrogen-bond donors (Lipinski definition) is 1. The maximum atomic E-state index is 12.6. The molecule has 2 aromatic rings.